The van der Waals surface area contributed by atoms with E-state index in [0.717, 1.165) is 26.3 Å². The molecule has 1 amide bonds. The number of carbonyl (C=O) groups is 1. The van der Waals surface area contributed by atoms with Crippen LogP contribution in [0.25, 0.3) is 0 Å². The predicted octanol–water partition coefficient (Wildman–Crippen LogP) is 4.15. The molecule has 0 fully saturated rings. The summed E-state index contributed by atoms with van der Waals surface area (Å²) in [5.74, 6) is 0.312. The summed E-state index contributed by atoms with van der Waals surface area (Å²) in [5.41, 5.74) is 3.14. The maximum Gasteiger partial charge on any atom is 0.237 e. The van der Waals surface area contributed by atoms with Crippen molar-refractivity contribution in [3.8, 4) is 0 Å². The highest BCUT2D eigenvalue weighted by Crippen LogP contribution is 2.31. The first-order valence-corrected chi connectivity index (χ1v) is 10.2. The quantitative estimate of drug-likeness (QED) is 0.492. The number of nitrogens with one attached hydrogen (secondary N) is 2. The predicted molar refractivity (Wildman–Crippen MR) is 109 cm³/mol. The van der Waals surface area contributed by atoms with Crippen LogP contribution in [0.2, 0.25) is 0 Å². The molecule has 0 spiro atoms. The highest BCUT2D eigenvalue weighted by atomic mass is 32.2. The zero-order valence-electron chi connectivity index (χ0n) is 15.8. The zero-order chi connectivity index (χ0) is 19.1. The minimum absolute atomic E-state index is 0.0321. The van der Waals surface area contributed by atoms with E-state index in [1.54, 1.807) is 7.11 Å². The van der Waals surface area contributed by atoms with Crippen molar-refractivity contribution in [3.05, 3.63) is 29.3 Å². The number of benzene rings is 1. The second kappa shape index (κ2) is 9.89. The van der Waals surface area contributed by atoms with Gasteiger partial charge in [-0.1, -0.05) is 55.1 Å². The van der Waals surface area contributed by atoms with Crippen LogP contribution >= 0.6 is 23.1 Å². The summed E-state index contributed by atoms with van der Waals surface area (Å²) in [6.45, 7) is 9.44. The second-order valence-corrected chi connectivity index (χ2v) is 8.80. The Balaban J connectivity index is 1.98. The number of anilines is 2. The topological polar surface area (TPSA) is 76.1 Å². The highest BCUT2D eigenvalue weighted by Gasteiger charge is 2.19. The van der Waals surface area contributed by atoms with E-state index in [1.165, 1.54) is 23.1 Å². The Morgan fingerprint density at radius 1 is 1.31 bits per heavy atom. The number of carbonyl (C=O) groups excluding carboxylic acids is 1. The number of aryl methyl sites for hydroxylation is 1. The first-order chi connectivity index (χ1) is 12.4. The molecule has 2 aromatic rings. The molecule has 8 heteroatoms. The lowest BCUT2D eigenvalue weighted by molar-refractivity contribution is -0.115. The standard InChI is InChI=1S/C18H26N4O2S2/c1-11(2)14-8-6-7-12(3)15(14)20-16(23)13(4)25-18-22-21-17(26-18)19-9-10-24-5/h6-8,11,13H,9-10H2,1-5H3,(H,19,21)(H,20,23). The van der Waals surface area contributed by atoms with Gasteiger partial charge in [0, 0.05) is 19.3 Å². The van der Waals surface area contributed by atoms with Crippen molar-refractivity contribution in [2.75, 3.05) is 30.9 Å². The summed E-state index contributed by atoms with van der Waals surface area (Å²) in [6.07, 6.45) is 0. The van der Waals surface area contributed by atoms with Crippen LogP contribution in [0.5, 0.6) is 0 Å². The average molecular weight is 395 g/mol. The molecular weight excluding hydrogens is 368 g/mol. The molecule has 2 N–H and O–H groups in total. The fourth-order valence-corrected chi connectivity index (χ4v) is 4.28. The Morgan fingerprint density at radius 3 is 2.77 bits per heavy atom. The van der Waals surface area contributed by atoms with Crippen LogP contribution in [0.3, 0.4) is 0 Å². The molecule has 0 aliphatic heterocycles. The van der Waals surface area contributed by atoms with Crippen molar-refractivity contribution in [2.45, 2.75) is 43.2 Å². The van der Waals surface area contributed by atoms with Crippen molar-refractivity contribution < 1.29 is 9.53 Å². The number of para-hydroxylation sites is 1. The van der Waals surface area contributed by atoms with Crippen LogP contribution in [0.1, 0.15) is 37.8 Å². The number of hydrogen-bond acceptors (Lipinski definition) is 7. The lowest BCUT2D eigenvalue weighted by Gasteiger charge is -2.18. The van der Waals surface area contributed by atoms with E-state index in [9.17, 15) is 4.79 Å². The van der Waals surface area contributed by atoms with Gasteiger partial charge >= 0.3 is 0 Å². The largest absolute Gasteiger partial charge is 0.383 e. The van der Waals surface area contributed by atoms with Crippen LogP contribution in [-0.2, 0) is 9.53 Å². The van der Waals surface area contributed by atoms with Crippen LogP contribution in [-0.4, -0.2) is 41.6 Å². The van der Waals surface area contributed by atoms with E-state index in [1.807, 2.05) is 26.0 Å². The molecule has 26 heavy (non-hydrogen) atoms. The molecule has 0 aliphatic carbocycles. The Morgan fingerprint density at radius 2 is 2.08 bits per heavy atom. The van der Waals surface area contributed by atoms with E-state index >= 15 is 0 Å². The molecule has 1 heterocycles. The fourth-order valence-electron chi connectivity index (χ4n) is 2.36. The van der Waals surface area contributed by atoms with Gasteiger partial charge in [-0.05, 0) is 30.9 Å². The molecule has 2 rings (SSSR count). The number of nitrogens with zero attached hydrogens (tertiary/aromatic N) is 2. The third-order valence-electron chi connectivity index (χ3n) is 3.81. The molecule has 142 valence electrons. The minimum atomic E-state index is -0.269. The van der Waals surface area contributed by atoms with Crippen molar-refractivity contribution in [3.63, 3.8) is 0 Å². The van der Waals surface area contributed by atoms with Gasteiger partial charge < -0.3 is 15.4 Å². The summed E-state index contributed by atoms with van der Waals surface area (Å²) in [7, 11) is 1.66. The molecule has 1 atom stereocenters. The van der Waals surface area contributed by atoms with Crippen molar-refractivity contribution in [1.82, 2.24) is 10.2 Å². The van der Waals surface area contributed by atoms with Crippen LogP contribution in [0.4, 0.5) is 10.8 Å². The number of ether oxygens (including phenoxy) is 1. The van der Waals surface area contributed by atoms with Gasteiger partial charge in [0.1, 0.15) is 0 Å². The zero-order valence-corrected chi connectivity index (χ0v) is 17.5. The van der Waals surface area contributed by atoms with Crippen LogP contribution < -0.4 is 10.6 Å². The van der Waals surface area contributed by atoms with Gasteiger partial charge in [0.2, 0.25) is 11.0 Å². The summed E-state index contributed by atoms with van der Waals surface area (Å²) < 4.78 is 5.76. The van der Waals surface area contributed by atoms with E-state index in [-0.39, 0.29) is 11.2 Å². The average Bonchev–Trinajstić information content (AvgIpc) is 3.03. The minimum Gasteiger partial charge on any atom is -0.383 e. The number of aromatic nitrogens is 2. The summed E-state index contributed by atoms with van der Waals surface area (Å²) in [4.78, 5) is 12.7. The van der Waals surface area contributed by atoms with E-state index in [4.69, 9.17) is 4.74 Å². The third-order valence-corrected chi connectivity index (χ3v) is 5.88. The second-order valence-electron chi connectivity index (χ2n) is 6.24. The maximum atomic E-state index is 12.7. The Bertz CT molecular complexity index is 734. The van der Waals surface area contributed by atoms with Crippen molar-refractivity contribution in [1.29, 1.82) is 0 Å². The highest BCUT2D eigenvalue weighted by molar-refractivity contribution is 8.02. The van der Waals surface area contributed by atoms with Crippen LogP contribution in [0, 0.1) is 6.92 Å². The number of rotatable bonds is 9. The Labute approximate surface area is 163 Å². The lowest BCUT2D eigenvalue weighted by atomic mass is 9.98. The maximum absolute atomic E-state index is 12.7. The summed E-state index contributed by atoms with van der Waals surface area (Å²) in [6, 6.07) is 6.10. The summed E-state index contributed by atoms with van der Waals surface area (Å²) >= 11 is 2.85. The number of hydrogen-bond donors (Lipinski definition) is 2. The first kappa shape index (κ1) is 20.7. The van der Waals surface area contributed by atoms with E-state index in [0.29, 0.717) is 19.1 Å². The Hall–Kier alpha value is -1.64. The molecular formula is C18H26N4O2S2. The fraction of sp³-hybridized carbons (Fsp3) is 0.500. The molecule has 1 unspecified atom stereocenters. The summed E-state index contributed by atoms with van der Waals surface area (Å²) in [5, 5.41) is 14.9. The van der Waals surface area contributed by atoms with Gasteiger partial charge in [-0.2, -0.15) is 0 Å². The lowest BCUT2D eigenvalue weighted by Crippen LogP contribution is -2.23. The smallest absolute Gasteiger partial charge is 0.237 e. The Kier molecular flexibility index (Phi) is 7.86. The molecule has 0 bridgehead atoms. The van der Waals surface area contributed by atoms with Gasteiger partial charge in [-0.3, -0.25) is 4.79 Å². The molecule has 0 radical (unpaired) electrons. The SMILES string of the molecule is COCCNc1nnc(SC(C)C(=O)Nc2c(C)cccc2C(C)C)s1. The number of amides is 1. The van der Waals surface area contributed by atoms with Gasteiger partial charge in [0.25, 0.3) is 0 Å². The first-order valence-electron chi connectivity index (χ1n) is 8.55. The van der Waals surface area contributed by atoms with Crippen LogP contribution in [0.15, 0.2) is 22.5 Å². The third kappa shape index (κ3) is 5.69. The van der Waals surface area contributed by atoms with Gasteiger partial charge in [-0.15, -0.1) is 10.2 Å². The number of thioether (sulfide) groups is 1. The van der Waals surface area contributed by atoms with E-state index < -0.39 is 0 Å². The van der Waals surface area contributed by atoms with Crippen molar-refractivity contribution in [2.24, 2.45) is 0 Å². The van der Waals surface area contributed by atoms with Gasteiger partial charge in [-0.25, -0.2) is 0 Å². The molecule has 0 aliphatic rings. The molecule has 6 nitrogen and oxygen atoms in total. The molecule has 1 aromatic heterocycles. The van der Waals surface area contributed by atoms with Gasteiger partial charge in [0.05, 0.1) is 11.9 Å². The normalized spacial score (nSPS) is 12.2. The van der Waals surface area contributed by atoms with Crippen molar-refractivity contribution >= 4 is 39.8 Å². The number of methoxy groups -OCH3 is 1. The van der Waals surface area contributed by atoms with E-state index in [2.05, 4.69) is 40.7 Å². The van der Waals surface area contributed by atoms with Gasteiger partial charge in [0.15, 0.2) is 4.34 Å². The molecule has 0 saturated carbocycles. The monoisotopic (exact) mass is 394 g/mol. The molecule has 0 saturated heterocycles. The molecule has 1 aromatic carbocycles.